The molecule has 0 aliphatic carbocycles. The van der Waals surface area contributed by atoms with Crippen LogP contribution in [0.4, 0.5) is 13.2 Å². The SMILES string of the molecule is CN(Cc1cccc(Br)c1)S(=O)(=O)NCC(F)(F)F. The summed E-state index contributed by atoms with van der Waals surface area (Å²) in [6.07, 6.45) is -4.58. The molecule has 0 aliphatic rings. The van der Waals surface area contributed by atoms with Crippen molar-refractivity contribution in [3.05, 3.63) is 34.3 Å². The quantitative estimate of drug-likeness (QED) is 0.875. The van der Waals surface area contributed by atoms with Crippen molar-refractivity contribution in [1.82, 2.24) is 9.03 Å². The fourth-order valence-electron chi connectivity index (χ4n) is 1.26. The molecule has 0 saturated heterocycles. The molecule has 1 N–H and O–H groups in total. The summed E-state index contributed by atoms with van der Waals surface area (Å²) in [5.41, 5.74) is 0.661. The van der Waals surface area contributed by atoms with E-state index in [1.807, 2.05) is 0 Å². The van der Waals surface area contributed by atoms with Crippen LogP contribution in [-0.2, 0) is 16.8 Å². The lowest BCUT2D eigenvalue weighted by Gasteiger charge is -2.18. The van der Waals surface area contributed by atoms with Gasteiger partial charge in [0.15, 0.2) is 0 Å². The third-order valence-corrected chi connectivity index (χ3v) is 4.11. The third-order valence-electron chi connectivity index (χ3n) is 2.16. The Bertz CT molecular complexity index is 534. The van der Waals surface area contributed by atoms with Crippen molar-refractivity contribution in [3.8, 4) is 0 Å². The molecule has 0 spiro atoms. The summed E-state index contributed by atoms with van der Waals surface area (Å²) in [5, 5.41) is 0. The molecule has 0 bridgehead atoms. The minimum atomic E-state index is -4.58. The zero-order chi connectivity index (χ0) is 14.7. The minimum absolute atomic E-state index is 0.0212. The van der Waals surface area contributed by atoms with Gasteiger partial charge in [-0.15, -0.1) is 0 Å². The van der Waals surface area contributed by atoms with Gasteiger partial charge in [0.2, 0.25) is 0 Å². The van der Waals surface area contributed by atoms with Gasteiger partial charge in [0, 0.05) is 18.1 Å². The predicted molar refractivity (Wildman–Crippen MR) is 68.6 cm³/mol. The molecule has 0 unspecified atom stereocenters. The number of nitrogens with zero attached hydrogens (tertiary/aromatic N) is 1. The normalized spacial score (nSPS) is 12.9. The van der Waals surface area contributed by atoms with Crippen LogP contribution in [0.5, 0.6) is 0 Å². The standard InChI is InChI=1S/C10H12BrF3N2O2S/c1-16(6-8-3-2-4-9(11)5-8)19(17,18)15-7-10(12,13)14/h2-5,15H,6-7H2,1H3. The second kappa shape index (κ2) is 6.21. The van der Waals surface area contributed by atoms with E-state index in [0.717, 1.165) is 8.78 Å². The summed E-state index contributed by atoms with van der Waals surface area (Å²) >= 11 is 3.23. The largest absolute Gasteiger partial charge is 0.402 e. The van der Waals surface area contributed by atoms with Gasteiger partial charge in [-0.05, 0) is 17.7 Å². The Balaban J connectivity index is 2.69. The molecule has 1 aromatic rings. The summed E-state index contributed by atoms with van der Waals surface area (Å²) in [4.78, 5) is 0. The molecule has 1 aromatic carbocycles. The monoisotopic (exact) mass is 360 g/mol. The zero-order valence-corrected chi connectivity index (χ0v) is 12.3. The van der Waals surface area contributed by atoms with Crippen LogP contribution < -0.4 is 4.72 Å². The van der Waals surface area contributed by atoms with Gasteiger partial charge < -0.3 is 0 Å². The Morgan fingerprint density at radius 1 is 1.37 bits per heavy atom. The van der Waals surface area contributed by atoms with Gasteiger partial charge in [-0.3, -0.25) is 0 Å². The number of benzene rings is 1. The average molecular weight is 361 g/mol. The molecule has 108 valence electrons. The van der Waals surface area contributed by atoms with Gasteiger partial charge in [-0.1, -0.05) is 28.1 Å². The Morgan fingerprint density at radius 3 is 2.53 bits per heavy atom. The Hall–Kier alpha value is -0.640. The van der Waals surface area contributed by atoms with E-state index in [9.17, 15) is 21.6 Å². The average Bonchev–Trinajstić information content (AvgIpc) is 2.25. The Morgan fingerprint density at radius 2 is 2.00 bits per heavy atom. The van der Waals surface area contributed by atoms with Crippen LogP contribution in [0.2, 0.25) is 0 Å². The van der Waals surface area contributed by atoms with Crippen LogP contribution >= 0.6 is 15.9 Å². The first kappa shape index (κ1) is 16.4. The molecule has 9 heteroatoms. The molecule has 0 heterocycles. The maximum absolute atomic E-state index is 12.0. The molecular formula is C10H12BrF3N2O2S. The molecule has 1 rings (SSSR count). The van der Waals surface area contributed by atoms with Crippen molar-refractivity contribution >= 4 is 26.1 Å². The lowest BCUT2D eigenvalue weighted by atomic mass is 10.2. The fraction of sp³-hybridized carbons (Fsp3) is 0.400. The van der Waals surface area contributed by atoms with E-state index >= 15 is 0 Å². The van der Waals surface area contributed by atoms with Crippen molar-refractivity contribution < 1.29 is 21.6 Å². The van der Waals surface area contributed by atoms with Crippen LogP contribution in [0, 0.1) is 0 Å². The summed E-state index contributed by atoms with van der Waals surface area (Å²) in [7, 11) is -2.95. The highest BCUT2D eigenvalue weighted by Crippen LogP contribution is 2.15. The predicted octanol–water partition coefficient (Wildman–Crippen LogP) is 2.28. The van der Waals surface area contributed by atoms with E-state index in [-0.39, 0.29) is 6.54 Å². The molecule has 0 saturated carbocycles. The molecule has 0 atom stereocenters. The zero-order valence-electron chi connectivity index (χ0n) is 9.91. The van der Waals surface area contributed by atoms with Crippen LogP contribution in [0.1, 0.15) is 5.56 Å². The van der Waals surface area contributed by atoms with Crippen molar-refractivity contribution in [2.45, 2.75) is 12.7 Å². The molecule has 0 aliphatic heterocycles. The summed E-state index contributed by atoms with van der Waals surface area (Å²) in [6, 6.07) is 6.85. The van der Waals surface area contributed by atoms with E-state index in [1.54, 1.807) is 24.3 Å². The van der Waals surface area contributed by atoms with Crippen LogP contribution in [0.3, 0.4) is 0 Å². The number of halogens is 4. The Kier molecular flexibility index (Phi) is 5.36. The first-order chi connectivity index (χ1) is 8.60. The third kappa shape index (κ3) is 5.89. The molecule has 0 aromatic heterocycles. The second-order valence-electron chi connectivity index (χ2n) is 3.83. The molecular weight excluding hydrogens is 349 g/mol. The molecule has 0 radical (unpaired) electrons. The van der Waals surface area contributed by atoms with E-state index in [0.29, 0.717) is 5.56 Å². The van der Waals surface area contributed by atoms with Crippen molar-refractivity contribution in [2.24, 2.45) is 0 Å². The van der Waals surface area contributed by atoms with E-state index in [1.165, 1.54) is 11.8 Å². The van der Waals surface area contributed by atoms with Gasteiger partial charge >= 0.3 is 6.18 Å². The highest BCUT2D eigenvalue weighted by molar-refractivity contribution is 9.10. The number of alkyl halides is 3. The van der Waals surface area contributed by atoms with E-state index < -0.39 is 22.9 Å². The van der Waals surface area contributed by atoms with Crippen molar-refractivity contribution in [2.75, 3.05) is 13.6 Å². The fourth-order valence-corrected chi connectivity index (χ4v) is 2.59. The van der Waals surface area contributed by atoms with E-state index in [4.69, 9.17) is 0 Å². The number of hydrogen-bond acceptors (Lipinski definition) is 2. The summed E-state index contributed by atoms with van der Waals surface area (Å²) in [5.74, 6) is 0. The smallest absolute Gasteiger partial charge is 0.195 e. The number of nitrogens with one attached hydrogen (secondary N) is 1. The van der Waals surface area contributed by atoms with Gasteiger partial charge in [0.25, 0.3) is 10.2 Å². The van der Waals surface area contributed by atoms with Crippen molar-refractivity contribution in [3.63, 3.8) is 0 Å². The number of rotatable bonds is 5. The first-order valence-corrected chi connectivity index (χ1v) is 7.35. The van der Waals surface area contributed by atoms with Crippen LogP contribution in [0.25, 0.3) is 0 Å². The molecule has 19 heavy (non-hydrogen) atoms. The number of hydrogen-bond donors (Lipinski definition) is 1. The van der Waals surface area contributed by atoms with Crippen LogP contribution in [0.15, 0.2) is 28.7 Å². The maximum Gasteiger partial charge on any atom is 0.402 e. The maximum atomic E-state index is 12.0. The first-order valence-electron chi connectivity index (χ1n) is 5.12. The van der Waals surface area contributed by atoms with Gasteiger partial charge in [0.1, 0.15) is 6.54 Å². The lowest BCUT2D eigenvalue weighted by molar-refractivity contribution is -0.121. The highest BCUT2D eigenvalue weighted by atomic mass is 79.9. The molecule has 0 amide bonds. The topological polar surface area (TPSA) is 49.4 Å². The van der Waals surface area contributed by atoms with Crippen LogP contribution in [-0.4, -0.2) is 32.5 Å². The summed E-state index contributed by atoms with van der Waals surface area (Å²) < 4.78 is 62.1. The lowest BCUT2D eigenvalue weighted by Crippen LogP contribution is -2.42. The van der Waals surface area contributed by atoms with Gasteiger partial charge in [-0.25, -0.2) is 0 Å². The van der Waals surface area contributed by atoms with Gasteiger partial charge in [-0.2, -0.15) is 30.6 Å². The summed E-state index contributed by atoms with van der Waals surface area (Å²) in [6.45, 7) is -1.61. The van der Waals surface area contributed by atoms with E-state index in [2.05, 4.69) is 15.9 Å². The second-order valence-corrected chi connectivity index (χ2v) is 6.61. The highest BCUT2D eigenvalue weighted by Gasteiger charge is 2.30. The Labute approximate surface area is 117 Å². The molecule has 4 nitrogen and oxygen atoms in total. The molecule has 0 fully saturated rings. The minimum Gasteiger partial charge on any atom is -0.195 e. The van der Waals surface area contributed by atoms with Gasteiger partial charge in [0.05, 0.1) is 0 Å². The van der Waals surface area contributed by atoms with Crippen molar-refractivity contribution in [1.29, 1.82) is 0 Å².